The second-order valence-electron chi connectivity index (χ2n) is 4.86. The van der Waals surface area contributed by atoms with Crippen LogP contribution in [0.3, 0.4) is 0 Å². The van der Waals surface area contributed by atoms with Gasteiger partial charge in [-0.1, -0.05) is 32.9 Å². The molecule has 0 aromatic heterocycles. The van der Waals surface area contributed by atoms with Crippen LogP contribution in [-0.2, 0) is 14.8 Å². The highest BCUT2D eigenvalue weighted by molar-refractivity contribution is 7.89. The lowest BCUT2D eigenvalue weighted by Crippen LogP contribution is -2.32. The van der Waals surface area contributed by atoms with Crippen molar-refractivity contribution in [3.8, 4) is 0 Å². The van der Waals surface area contributed by atoms with Crippen LogP contribution in [-0.4, -0.2) is 36.9 Å². The maximum absolute atomic E-state index is 12.4. The molecule has 0 aliphatic rings. The van der Waals surface area contributed by atoms with Crippen molar-refractivity contribution < 1.29 is 18.3 Å². The van der Waals surface area contributed by atoms with E-state index >= 15 is 0 Å². The van der Waals surface area contributed by atoms with E-state index in [1.807, 2.05) is 13.8 Å². The first-order valence-corrected chi connectivity index (χ1v) is 8.05. The molecule has 0 aliphatic carbocycles. The van der Waals surface area contributed by atoms with Gasteiger partial charge < -0.3 is 5.11 Å². The van der Waals surface area contributed by atoms with E-state index in [0.717, 1.165) is 5.56 Å². The Bertz CT molecular complexity index is 549. The van der Waals surface area contributed by atoms with Crippen molar-refractivity contribution in [1.82, 2.24) is 4.31 Å². The van der Waals surface area contributed by atoms with E-state index in [1.165, 1.54) is 4.31 Å². The Hall–Kier alpha value is -1.40. The SMILES string of the molecule is CCN(CCC(=O)O)S(=O)(=O)c1ccc(C(C)C)cc1. The van der Waals surface area contributed by atoms with Gasteiger partial charge in [-0.25, -0.2) is 8.42 Å². The van der Waals surface area contributed by atoms with Gasteiger partial charge in [-0.2, -0.15) is 4.31 Å². The first-order chi connectivity index (χ1) is 9.28. The molecule has 0 saturated carbocycles. The summed E-state index contributed by atoms with van der Waals surface area (Å²) in [4.78, 5) is 10.8. The first-order valence-electron chi connectivity index (χ1n) is 6.61. The number of carboxylic acid groups (broad SMARTS) is 1. The van der Waals surface area contributed by atoms with Crippen LogP contribution in [0.1, 0.15) is 38.7 Å². The van der Waals surface area contributed by atoms with E-state index in [9.17, 15) is 13.2 Å². The van der Waals surface area contributed by atoms with Crippen molar-refractivity contribution in [1.29, 1.82) is 0 Å². The number of aliphatic carboxylic acids is 1. The van der Waals surface area contributed by atoms with Crippen molar-refractivity contribution in [3.63, 3.8) is 0 Å². The highest BCUT2D eigenvalue weighted by Gasteiger charge is 2.23. The van der Waals surface area contributed by atoms with Gasteiger partial charge in [0.1, 0.15) is 0 Å². The summed E-state index contributed by atoms with van der Waals surface area (Å²) in [7, 11) is -3.62. The fraction of sp³-hybridized carbons (Fsp3) is 0.500. The van der Waals surface area contributed by atoms with Crippen LogP contribution in [0.2, 0.25) is 0 Å². The Balaban J connectivity index is 2.98. The van der Waals surface area contributed by atoms with Crippen molar-refractivity contribution >= 4 is 16.0 Å². The van der Waals surface area contributed by atoms with Gasteiger partial charge >= 0.3 is 5.97 Å². The molecule has 0 aliphatic heterocycles. The van der Waals surface area contributed by atoms with Crippen LogP contribution in [0.5, 0.6) is 0 Å². The average Bonchev–Trinajstić information content (AvgIpc) is 2.38. The average molecular weight is 299 g/mol. The van der Waals surface area contributed by atoms with Gasteiger partial charge in [0, 0.05) is 13.1 Å². The molecular formula is C14H21NO4S. The fourth-order valence-electron chi connectivity index (χ4n) is 1.84. The molecule has 1 aromatic carbocycles. The van der Waals surface area contributed by atoms with Gasteiger partial charge in [0.05, 0.1) is 11.3 Å². The molecule has 0 heterocycles. The molecule has 5 nitrogen and oxygen atoms in total. The summed E-state index contributed by atoms with van der Waals surface area (Å²) in [5.41, 5.74) is 1.07. The number of carboxylic acids is 1. The molecule has 0 bridgehead atoms. The Kier molecular flexibility index (Phi) is 5.71. The monoisotopic (exact) mass is 299 g/mol. The number of nitrogens with zero attached hydrogens (tertiary/aromatic N) is 1. The predicted molar refractivity (Wildman–Crippen MR) is 77.2 cm³/mol. The molecule has 1 rings (SSSR count). The molecule has 1 aromatic rings. The smallest absolute Gasteiger partial charge is 0.304 e. The van der Waals surface area contributed by atoms with Crippen LogP contribution in [0.25, 0.3) is 0 Å². The third kappa shape index (κ3) is 4.05. The van der Waals surface area contributed by atoms with Gasteiger partial charge in [-0.15, -0.1) is 0 Å². The Labute approximate surface area is 120 Å². The first kappa shape index (κ1) is 16.7. The van der Waals surface area contributed by atoms with E-state index < -0.39 is 16.0 Å². The number of rotatable bonds is 7. The topological polar surface area (TPSA) is 74.7 Å². The molecule has 0 saturated heterocycles. The van der Waals surface area contributed by atoms with Gasteiger partial charge in [-0.05, 0) is 23.6 Å². The number of benzene rings is 1. The lowest BCUT2D eigenvalue weighted by Gasteiger charge is -2.20. The molecule has 1 N–H and O–H groups in total. The maximum Gasteiger partial charge on any atom is 0.304 e. The normalized spacial score (nSPS) is 12.1. The zero-order valence-electron chi connectivity index (χ0n) is 12.0. The summed E-state index contributed by atoms with van der Waals surface area (Å²) in [5, 5.41) is 8.67. The van der Waals surface area contributed by atoms with Gasteiger partial charge in [-0.3, -0.25) is 4.79 Å². The van der Waals surface area contributed by atoms with E-state index in [4.69, 9.17) is 5.11 Å². The second kappa shape index (κ2) is 6.85. The fourth-order valence-corrected chi connectivity index (χ4v) is 3.29. The maximum atomic E-state index is 12.4. The summed E-state index contributed by atoms with van der Waals surface area (Å²) < 4.78 is 26.0. The zero-order chi connectivity index (χ0) is 15.3. The zero-order valence-corrected chi connectivity index (χ0v) is 12.9. The molecule has 0 radical (unpaired) electrons. The van der Waals surface area contributed by atoms with Gasteiger partial charge in [0.15, 0.2) is 0 Å². The summed E-state index contributed by atoms with van der Waals surface area (Å²) in [6.07, 6.45) is -0.197. The van der Waals surface area contributed by atoms with E-state index in [0.29, 0.717) is 5.92 Å². The van der Waals surface area contributed by atoms with Crippen molar-refractivity contribution in [3.05, 3.63) is 29.8 Å². The van der Waals surface area contributed by atoms with Gasteiger partial charge in [0.2, 0.25) is 10.0 Å². The van der Waals surface area contributed by atoms with Crippen LogP contribution in [0, 0.1) is 0 Å². The van der Waals surface area contributed by atoms with Crippen molar-refractivity contribution in [2.24, 2.45) is 0 Å². The number of hydrogen-bond donors (Lipinski definition) is 1. The highest BCUT2D eigenvalue weighted by Crippen LogP contribution is 2.20. The molecule has 0 unspecified atom stereocenters. The van der Waals surface area contributed by atoms with E-state index in [-0.39, 0.29) is 24.4 Å². The predicted octanol–water partition coefficient (Wildman–Crippen LogP) is 2.30. The Morgan fingerprint density at radius 2 is 1.80 bits per heavy atom. The van der Waals surface area contributed by atoms with Crippen molar-refractivity contribution in [2.75, 3.05) is 13.1 Å². The highest BCUT2D eigenvalue weighted by atomic mass is 32.2. The molecular weight excluding hydrogens is 278 g/mol. The van der Waals surface area contributed by atoms with E-state index in [2.05, 4.69) is 0 Å². The molecule has 20 heavy (non-hydrogen) atoms. The molecule has 112 valence electrons. The van der Waals surface area contributed by atoms with Crippen LogP contribution < -0.4 is 0 Å². The molecule has 6 heteroatoms. The molecule has 0 fully saturated rings. The quantitative estimate of drug-likeness (QED) is 0.838. The van der Waals surface area contributed by atoms with Gasteiger partial charge in [0.25, 0.3) is 0 Å². The molecule has 0 amide bonds. The minimum atomic E-state index is -3.62. The molecule has 0 spiro atoms. The minimum Gasteiger partial charge on any atom is -0.481 e. The minimum absolute atomic E-state index is 0.0138. The third-order valence-corrected chi connectivity index (χ3v) is 5.10. The lowest BCUT2D eigenvalue weighted by atomic mass is 10.0. The number of hydrogen-bond acceptors (Lipinski definition) is 3. The summed E-state index contributed by atoms with van der Waals surface area (Å²) in [6, 6.07) is 6.74. The Morgan fingerprint density at radius 3 is 2.20 bits per heavy atom. The number of sulfonamides is 1. The third-order valence-electron chi connectivity index (χ3n) is 3.11. The van der Waals surface area contributed by atoms with Crippen LogP contribution >= 0.6 is 0 Å². The van der Waals surface area contributed by atoms with E-state index in [1.54, 1.807) is 31.2 Å². The Morgan fingerprint density at radius 1 is 1.25 bits per heavy atom. The van der Waals surface area contributed by atoms with Crippen LogP contribution in [0.4, 0.5) is 0 Å². The van der Waals surface area contributed by atoms with Crippen molar-refractivity contribution in [2.45, 2.75) is 38.0 Å². The lowest BCUT2D eigenvalue weighted by molar-refractivity contribution is -0.137. The largest absolute Gasteiger partial charge is 0.481 e. The second-order valence-corrected chi connectivity index (χ2v) is 6.80. The summed E-state index contributed by atoms with van der Waals surface area (Å²) >= 11 is 0. The standard InChI is InChI=1S/C14H21NO4S/c1-4-15(10-9-14(16)17)20(18,19)13-7-5-12(6-8-13)11(2)3/h5-8,11H,4,9-10H2,1-3H3,(H,16,17). The summed E-state index contributed by atoms with van der Waals surface area (Å²) in [6.45, 7) is 6.01. The number of carbonyl (C=O) groups is 1. The van der Waals surface area contributed by atoms with Crippen LogP contribution in [0.15, 0.2) is 29.2 Å². The molecule has 0 atom stereocenters. The summed E-state index contributed by atoms with van der Waals surface area (Å²) in [5.74, 6) is -0.671.